The Morgan fingerprint density at radius 2 is 1.68 bits per heavy atom. The molecule has 6 nitrogen and oxygen atoms in total. The molecular weight excluding hydrogens is 318 g/mol. The number of nitrogens with zero attached hydrogens (tertiary/aromatic N) is 2. The maximum atomic E-state index is 12.2. The number of nitrogens with one attached hydrogen (secondary N) is 1. The summed E-state index contributed by atoms with van der Waals surface area (Å²) in [4.78, 5) is 21.0. The summed E-state index contributed by atoms with van der Waals surface area (Å²) in [6.07, 6.45) is 0.342. The van der Waals surface area contributed by atoms with Gasteiger partial charge in [-0.15, -0.1) is 0 Å². The molecule has 0 aliphatic carbocycles. The predicted octanol–water partition coefficient (Wildman–Crippen LogP) is 2.51. The van der Waals surface area contributed by atoms with Crippen LogP contribution >= 0.6 is 0 Å². The molecule has 6 heteroatoms. The predicted molar refractivity (Wildman–Crippen MR) is 94.6 cm³/mol. The van der Waals surface area contributed by atoms with Gasteiger partial charge in [-0.1, -0.05) is 42.5 Å². The van der Waals surface area contributed by atoms with Crippen molar-refractivity contribution in [1.82, 2.24) is 15.3 Å². The molecule has 3 aromatic rings. The van der Waals surface area contributed by atoms with Gasteiger partial charge >= 0.3 is 0 Å². The van der Waals surface area contributed by atoms with E-state index in [9.17, 15) is 4.79 Å². The van der Waals surface area contributed by atoms with Crippen molar-refractivity contribution < 1.29 is 14.3 Å². The van der Waals surface area contributed by atoms with Gasteiger partial charge in [-0.05, 0) is 17.2 Å². The van der Waals surface area contributed by atoms with Crippen LogP contribution in [0.3, 0.4) is 0 Å². The summed E-state index contributed by atoms with van der Waals surface area (Å²) >= 11 is 0. The number of fused-ring (bicyclic) bond motifs is 1. The zero-order valence-corrected chi connectivity index (χ0v) is 14.2. The van der Waals surface area contributed by atoms with Gasteiger partial charge in [0.2, 0.25) is 5.91 Å². The summed E-state index contributed by atoms with van der Waals surface area (Å²) in [5.74, 6) is 0.606. The van der Waals surface area contributed by atoms with Crippen LogP contribution < -0.4 is 14.8 Å². The van der Waals surface area contributed by atoms with Crippen molar-refractivity contribution in [3.8, 4) is 11.8 Å². The summed E-state index contributed by atoms with van der Waals surface area (Å²) < 4.78 is 10.4. The maximum absolute atomic E-state index is 12.2. The fourth-order valence-corrected chi connectivity index (χ4v) is 2.55. The van der Waals surface area contributed by atoms with Crippen molar-refractivity contribution in [3.63, 3.8) is 0 Å². The van der Waals surface area contributed by atoms with Gasteiger partial charge in [0.25, 0.3) is 11.8 Å². The van der Waals surface area contributed by atoms with Crippen LogP contribution in [0, 0.1) is 0 Å². The fourth-order valence-electron chi connectivity index (χ4n) is 2.55. The van der Waals surface area contributed by atoms with E-state index in [1.807, 2.05) is 48.5 Å². The summed E-state index contributed by atoms with van der Waals surface area (Å²) in [7, 11) is 3.04. The number of benzene rings is 2. The zero-order valence-electron chi connectivity index (χ0n) is 14.2. The minimum atomic E-state index is -0.0448. The number of carbonyl (C=O) groups excluding carboxylic acids is 1. The molecule has 0 saturated heterocycles. The number of hydrogen-bond acceptors (Lipinski definition) is 5. The zero-order chi connectivity index (χ0) is 17.6. The molecule has 0 aliphatic rings. The Bertz CT molecular complexity index is 882. The highest BCUT2D eigenvalue weighted by atomic mass is 16.5. The number of hydrogen-bond donors (Lipinski definition) is 1. The van der Waals surface area contributed by atoms with Crippen LogP contribution in [-0.4, -0.2) is 30.1 Å². The normalized spacial score (nSPS) is 10.5. The van der Waals surface area contributed by atoms with Gasteiger partial charge < -0.3 is 14.8 Å². The third kappa shape index (κ3) is 3.85. The van der Waals surface area contributed by atoms with Crippen LogP contribution in [0.15, 0.2) is 48.5 Å². The number of aromatic nitrogens is 2. The third-order valence-electron chi connectivity index (χ3n) is 3.79. The van der Waals surface area contributed by atoms with Gasteiger partial charge in [0.1, 0.15) is 0 Å². The average molecular weight is 337 g/mol. The van der Waals surface area contributed by atoms with Gasteiger partial charge in [0.15, 0.2) is 0 Å². The highest BCUT2D eigenvalue weighted by molar-refractivity contribution is 5.81. The summed E-state index contributed by atoms with van der Waals surface area (Å²) in [6.45, 7) is 0.368. The Hall–Kier alpha value is -3.15. The monoisotopic (exact) mass is 337 g/mol. The van der Waals surface area contributed by atoms with E-state index in [0.29, 0.717) is 35.8 Å². The fraction of sp³-hybridized carbons (Fsp3) is 0.211. The topological polar surface area (TPSA) is 73.3 Å². The molecule has 25 heavy (non-hydrogen) atoms. The summed E-state index contributed by atoms with van der Waals surface area (Å²) in [5.41, 5.74) is 3.21. The number of carbonyl (C=O) groups is 1. The van der Waals surface area contributed by atoms with Crippen LogP contribution in [0.5, 0.6) is 11.8 Å². The van der Waals surface area contributed by atoms with Crippen molar-refractivity contribution in [1.29, 1.82) is 0 Å². The molecule has 128 valence electrons. The molecule has 0 unspecified atom stereocenters. The van der Waals surface area contributed by atoms with Crippen LogP contribution in [0.4, 0.5) is 0 Å². The molecule has 0 radical (unpaired) electrons. The number of rotatable bonds is 6. The standard InChI is InChI=1S/C19H19N3O3/c1-24-18-19(25-2)22-17-14(9-6-10-15(17)21-18)12-20-16(23)11-13-7-4-3-5-8-13/h3-10H,11-12H2,1-2H3,(H,20,23). The SMILES string of the molecule is COc1nc2cccc(CNC(=O)Cc3ccccc3)c2nc1OC. The largest absolute Gasteiger partial charge is 0.477 e. The average Bonchev–Trinajstić information content (AvgIpc) is 2.65. The van der Waals surface area contributed by atoms with E-state index < -0.39 is 0 Å². The Balaban J connectivity index is 1.78. The van der Waals surface area contributed by atoms with E-state index in [4.69, 9.17) is 9.47 Å². The van der Waals surface area contributed by atoms with Gasteiger partial charge in [-0.25, -0.2) is 9.97 Å². The van der Waals surface area contributed by atoms with Crippen molar-refractivity contribution in [2.75, 3.05) is 14.2 Å². The molecule has 0 bridgehead atoms. The molecule has 1 amide bonds. The second-order valence-corrected chi connectivity index (χ2v) is 5.47. The molecule has 0 saturated carbocycles. The number of para-hydroxylation sites is 1. The molecule has 0 atom stereocenters. The minimum Gasteiger partial charge on any atom is -0.477 e. The first-order valence-corrected chi connectivity index (χ1v) is 7.89. The lowest BCUT2D eigenvalue weighted by molar-refractivity contribution is -0.120. The van der Waals surface area contributed by atoms with Crippen molar-refractivity contribution >= 4 is 16.9 Å². The lowest BCUT2D eigenvalue weighted by Gasteiger charge is -2.10. The Morgan fingerprint density at radius 1 is 0.960 bits per heavy atom. The van der Waals surface area contributed by atoms with E-state index in [0.717, 1.165) is 11.1 Å². The third-order valence-corrected chi connectivity index (χ3v) is 3.79. The molecule has 1 aromatic heterocycles. The molecule has 3 rings (SSSR count). The molecule has 0 aliphatic heterocycles. The molecular formula is C19H19N3O3. The van der Waals surface area contributed by atoms with E-state index >= 15 is 0 Å². The molecule has 1 N–H and O–H groups in total. The first-order valence-electron chi connectivity index (χ1n) is 7.89. The molecule has 2 aromatic carbocycles. The van der Waals surface area contributed by atoms with Gasteiger partial charge in [-0.3, -0.25) is 4.79 Å². The van der Waals surface area contributed by atoms with E-state index in [1.165, 1.54) is 14.2 Å². The van der Waals surface area contributed by atoms with E-state index in [-0.39, 0.29) is 5.91 Å². The second kappa shape index (κ2) is 7.61. The maximum Gasteiger partial charge on any atom is 0.278 e. The quantitative estimate of drug-likeness (QED) is 0.748. The summed E-state index contributed by atoms with van der Waals surface area (Å²) in [5, 5.41) is 2.93. The van der Waals surface area contributed by atoms with Crippen LogP contribution in [0.1, 0.15) is 11.1 Å². The van der Waals surface area contributed by atoms with Crippen molar-refractivity contribution in [3.05, 3.63) is 59.7 Å². The first kappa shape index (κ1) is 16.7. The number of amides is 1. The van der Waals surface area contributed by atoms with Gasteiger partial charge in [-0.2, -0.15) is 0 Å². The first-order chi connectivity index (χ1) is 12.2. The van der Waals surface area contributed by atoms with Crippen molar-refractivity contribution in [2.24, 2.45) is 0 Å². The van der Waals surface area contributed by atoms with Crippen molar-refractivity contribution in [2.45, 2.75) is 13.0 Å². The Kier molecular flexibility index (Phi) is 5.09. The lowest BCUT2D eigenvalue weighted by Crippen LogP contribution is -2.24. The second-order valence-electron chi connectivity index (χ2n) is 5.47. The van der Waals surface area contributed by atoms with Crippen LogP contribution in [0.2, 0.25) is 0 Å². The minimum absolute atomic E-state index is 0.0448. The molecule has 0 spiro atoms. The lowest BCUT2D eigenvalue weighted by atomic mass is 10.1. The summed E-state index contributed by atoms with van der Waals surface area (Å²) in [6, 6.07) is 15.3. The Morgan fingerprint density at radius 3 is 2.40 bits per heavy atom. The van der Waals surface area contributed by atoms with Crippen LogP contribution in [-0.2, 0) is 17.8 Å². The Labute approximate surface area is 145 Å². The number of methoxy groups -OCH3 is 2. The highest BCUT2D eigenvalue weighted by Gasteiger charge is 2.13. The van der Waals surface area contributed by atoms with Gasteiger partial charge in [0, 0.05) is 6.54 Å². The smallest absolute Gasteiger partial charge is 0.278 e. The van der Waals surface area contributed by atoms with Crippen LogP contribution in [0.25, 0.3) is 11.0 Å². The van der Waals surface area contributed by atoms with E-state index in [1.54, 1.807) is 0 Å². The highest BCUT2D eigenvalue weighted by Crippen LogP contribution is 2.26. The van der Waals surface area contributed by atoms with Gasteiger partial charge in [0.05, 0.1) is 31.7 Å². The van der Waals surface area contributed by atoms with E-state index in [2.05, 4.69) is 15.3 Å². The molecule has 1 heterocycles. The number of ether oxygens (including phenoxy) is 2. The molecule has 0 fully saturated rings.